The van der Waals surface area contributed by atoms with Gasteiger partial charge in [0.25, 0.3) is 0 Å². The minimum Gasteiger partial charge on any atom is -0.481 e. The van der Waals surface area contributed by atoms with Gasteiger partial charge in [-0.2, -0.15) is 5.10 Å². The molecule has 2 aromatic heterocycles. The van der Waals surface area contributed by atoms with Gasteiger partial charge in [-0.1, -0.05) is 0 Å². The highest BCUT2D eigenvalue weighted by atomic mass is 16.4. The van der Waals surface area contributed by atoms with Gasteiger partial charge in [-0.3, -0.25) is 9.48 Å². The highest BCUT2D eigenvalue weighted by molar-refractivity contribution is 5.86. The largest absolute Gasteiger partial charge is 0.481 e. The smallest absolute Gasteiger partial charge is 0.303 e. The van der Waals surface area contributed by atoms with Gasteiger partial charge in [0, 0.05) is 26.6 Å². The molecular formula is C13H17N5O2. The lowest BCUT2D eigenvalue weighted by molar-refractivity contribution is -0.137. The summed E-state index contributed by atoms with van der Waals surface area (Å²) in [7, 11) is 1.86. The summed E-state index contributed by atoms with van der Waals surface area (Å²) < 4.78 is 1.73. The first kappa shape index (κ1) is 12.8. The standard InChI is InChI=1S/C13H17N5O2/c1-17-12-10(6-16-17)13(15-8-14-12)18-5-4-9(7-18)2-3-11(19)20/h6,8-9H,2-5,7H2,1H3,(H,19,20). The molecule has 1 aliphatic heterocycles. The van der Waals surface area contributed by atoms with Crippen LogP contribution in [0.3, 0.4) is 0 Å². The molecule has 7 heteroatoms. The Hall–Kier alpha value is -2.18. The molecule has 0 spiro atoms. The van der Waals surface area contributed by atoms with Crippen molar-refractivity contribution >= 4 is 22.8 Å². The molecule has 0 saturated carbocycles. The molecule has 0 amide bonds. The number of aromatic nitrogens is 4. The van der Waals surface area contributed by atoms with Crippen LogP contribution in [0.4, 0.5) is 5.82 Å². The van der Waals surface area contributed by atoms with E-state index in [1.54, 1.807) is 17.2 Å². The number of rotatable bonds is 4. The molecule has 7 nitrogen and oxygen atoms in total. The molecular weight excluding hydrogens is 258 g/mol. The van der Waals surface area contributed by atoms with E-state index in [0.717, 1.165) is 42.8 Å². The normalized spacial score (nSPS) is 18.9. The first-order valence-electron chi connectivity index (χ1n) is 6.74. The van der Waals surface area contributed by atoms with Gasteiger partial charge in [-0.25, -0.2) is 9.97 Å². The molecule has 3 heterocycles. The number of anilines is 1. The molecule has 0 aliphatic carbocycles. The van der Waals surface area contributed by atoms with Gasteiger partial charge in [0.1, 0.15) is 12.1 Å². The Labute approximate surface area is 116 Å². The van der Waals surface area contributed by atoms with Crippen molar-refractivity contribution in [3.8, 4) is 0 Å². The summed E-state index contributed by atoms with van der Waals surface area (Å²) in [6.45, 7) is 1.76. The van der Waals surface area contributed by atoms with E-state index in [9.17, 15) is 4.79 Å². The van der Waals surface area contributed by atoms with Crippen molar-refractivity contribution in [2.24, 2.45) is 13.0 Å². The van der Waals surface area contributed by atoms with E-state index in [0.29, 0.717) is 5.92 Å². The number of aliphatic carboxylic acids is 1. The van der Waals surface area contributed by atoms with Gasteiger partial charge in [0.05, 0.1) is 11.6 Å². The molecule has 106 valence electrons. The van der Waals surface area contributed by atoms with Crippen LogP contribution >= 0.6 is 0 Å². The number of fused-ring (bicyclic) bond motifs is 1. The summed E-state index contributed by atoms with van der Waals surface area (Å²) in [5, 5.41) is 13.9. The van der Waals surface area contributed by atoms with Crippen LogP contribution in [0.25, 0.3) is 11.0 Å². The van der Waals surface area contributed by atoms with E-state index >= 15 is 0 Å². The Morgan fingerprint density at radius 3 is 3.15 bits per heavy atom. The molecule has 1 atom stereocenters. The molecule has 1 fully saturated rings. The van der Waals surface area contributed by atoms with Gasteiger partial charge in [-0.15, -0.1) is 0 Å². The summed E-state index contributed by atoms with van der Waals surface area (Å²) in [4.78, 5) is 21.5. The number of carboxylic acids is 1. The van der Waals surface area contributed by atoms with E-state index in [-0.39, 0.29) is 6.42 Å². The third-order valence-electron chi connectivity index (χ3n) is 3.86. The molecule has 2 aromatic rings. The second kappa shape index (κ2) is 5.07. The minimum atomic E-state index is -0.722. The van der Waals surface area contributed by atoms with Crippen LogP contribution in [0, 0.1) is 5.92 Å². The van der Waals surface area contributed by atoms with Crippen molar-refractivity contribution in [2.45, 2.75) is 19.3 Å². The lowest BCUT2D eigenvalue weighted by atomic mass is 10.0. The summed E-state index contributed by atoms with van der Waals surface area (Å²) in [5.74, 6) is 0.605. The van der Waals surface area contributed by atoms with Crippen LogP contribution in [0.2, 0.25) is 0 Å². The van der Waals surface area contributed by atoms with Crippen molar-refractivity contribution in [2.75, 3.05) is 18.0 Å². The van der Waals surface area contributed by atoms with Crippen molar-refractivity contribution in [1.82, 2.24) is 19.7 Å². The molecule has 0 bridgehead atoms. The Morgan fingerprint density at radius 1 is 1.50 bits per heavy atom. The highest BCUT2D eigenvalue weighted by Gasteiger charge is 2.25. The predicted molar refractivity (Wildman–Crippen MR) is 73.5 cm³/mol. The molecule has 1 saturated heterocycles. The molecule has 0 aromatic carbocycles. The van der Waals surface area contributed by atoms with E-state index in [1.807, 2.05) is 7.05 Å². The fourth-order valence-corrected chi connectivity index (χ4v) is 2.79. The zero-order valence-electron chi connectivity index (χ0n) is 11.4. The summed E-state index contributed by atoms with van der Waals surface area (Å²) in [6.07, 6.45) is 5.33. The van der Waals surface area contributed by atoms with Crippen molar-refractivity contribution in [3.05, 3.63) is 12.5 Å². The lowest BCUT2D eigenvalue weighted by Crippen LogP contribution is -2.21. The second-order valence-corrected chi connectivity index (χ2v) is 5.24. The van der Waals surface area contributed by atoms with Crippen LogP contribution in [0.5, 0.6) is 0 Å². The molecule has 3 rings (SSSR count). The minimum absolute atomic E-state index is 0.241. The number of aryl methyl sites for hydroxylation is 1. The zero-order chi connectivity index (χ0) is 14.1. The average molecular weight is 275 g/mol. The lowest BCUT2D eigenvalue weighted by Gasteiger charge is -2.17. The highest BCUT2D eigenvalue weighted by Crippen LogP contribution is 2.29. The monoisotopic (exact) mass is 275 g/mol. The van der Waals surface area contributed by atoms with Crippen molar-refractivity contribution in [3.63, 3.8) is 0 Å². The third kappa shape index (κ3) is 2.31. The number of nitrogens with zero attached hydrogens (tertiary/aromatic N) is 5. The van der Waals surface area contributed by atoms with Gasteiger partial charge in [-0.05, 0) is 18.8 Å². The Balaban J connectivity index is 1.78. The Bertz CT molecular complexity index is 639. The van der Waals surface area contributed by atoms with Crippen LogP contribution in [0.15, 0.2) is 12.5 Å². The van der Waals surface area contributed by atoms with Gasteiger partial charge < -0.3 is 10.0 Å². The second-order valence-electron chi connectivity index (χ2n) is 5.24. The predicted octanol–water partition coefficient (Wildman–Crippen LogP) is 1.05. The van der Waals surface area contributed by atoms with E-state index in [4.69, 9.17) is 5.11 Å². The summed E-state index contributed by atoms with van der Waals surface area (Å²) >= 11 is 0. The summed E-state index contributed by atoms with van der Waals surface area (Å²) in [5.41, 5.74) is 0.823. The van der Waals surface area contributed by atoms with Crippen LogP contribution in [0.1, 0.15) is 19.3 Å². The first-order valence-corrected chi connectivity index (χ1v) is 6.74. The number of hydrogen-bond donors (Lipinski definition) is 1. The van der Waals surface area contributed by atoms with Crippen molar-refractivity contribution in [1.29, 1.82) is 0 Å². The summed E-state index contributed by atoms with van der Waals surface area (Å²) in [6, 6.07) is 0. The fourth-order valence-electron chi connectivity index (χ4n) is 2.79. The maximum Gasteiger partial charge on any atom is 0.303 e. The van der Waals surface area contributed by atoms with E-state index < -0.39 is 5.97 Å². The topological polar surface area (TPSA) is 84.1 Å². The quantitative estimate of drug-likeness (QED) is 0.898. The van der Waals surface area contributed by atoms with Crippen LogP contribution in [-0.4, -0.2) is 43.9 Å². The van der Waals surface area contributed by atoms with Gasteiger partial charge in [0.15, 0.2) is 5.65 Å². The molecule has 0 radical (unpaired) electrons. The van der Waals surface area contributed by atoms with Crippen molar-refractivity contribution < 1.29 is 9.90 Å². The Morgan fingerprint density at radius 2 is 2.35 bits per heavy atom. The zero-order valence-corrected chi connectivity index (χ0v) is 11.4. The number of carbonyl (C=O) groups is 1. The van der Waals surface area contributed by atoms with Crippen LogP contribution in [-0.2, 0) is 11.8 Å². The average Bonchev–Trinajstić information content (AvgIpc) is 3.04. The van der Waals surface area contributed by atoms with E-state index in [2.05, 4.69) is 20.0 Å². The molecule has 1 unspecified atom stereocenters. The first-order chi connectivity index (χ1) is 9.65. The Kier molecular flexibility index (Phi) is 3.25. The maximum absolute atomic E-state index is 10.6. The maximum atomic E-state index is 10.6. The third-order valence-corrected chi connectivity index (χ3v) is 3.86. The molecule has 1 aliphatic rings. The van der Waals surface area contributed by atoms with Gasteiger partial charge >= 0.3 is 5.97 Å². The number of carboxylic acid groups (broad SMARTS) is 1. The molecule has 20 heavy (non-hydrogen) atoms. The molecule has 1 N–H and O–H groups in total. The van der Waals surface area contributed by atoms with Crippen LogP contribution < -0.4 is 4.90 Å². The SMILES string of the molecule is Cn1ncc2c(N3CCC(CCC(=O)O)C3)ncnc21. The van der Waals surface area contributed by atoms with E-state index in [1.165, 1.54) is 0 Å². The fraction of sp³-hybridized carbons (Fsp3) is 0.538. The van der Waals surface area contributed by atoms with Gasteiger partial charge in [0.2, 0.25) is 0 Å². The number of hydrogen-bond acceptors (Lipinski definition) is 5.